The van der Waals surface area contributed by atoms with Crippen molar-refractivity contribution in [2.75, 3.05) is 11.4 Å². The summed E-state index contributed by atoms with van der Waals surface area (Å²) in [6.07, 6.45) is 0. The Morgan fingerprint density at radius 1 is 1.12 bits per heavy atom. The fourth-order valence-electron chi connectivity index (χ4n) is 2.32. The van der Waals surface area contributed by atoms with E-state index < -0.39 is 10.0 Å². The molecule has 0 saturated carbocycles. The van der Waals surface area contributed by atoms with Crippen LogP contribution < -0.4 is 9.04 Å². The highest BCUT2D eigenvalue weighted by atomic mass is 35.5. The molecule has 0 N–H and O–H groups in total. The zero-order valence-electron chi connectivity index (χ0n) is 13.6. The van der Waals surface area contributed by atoms with Gasteiger partial charge in [0, 0.05) is 4.88 Å². The van der Waals surface area contributed by atoms with Gasteiger partial charge in [-0.05, 0) is 47.8 Å². The van der Waals surface area contributed by atoms with Crippen LogP contribution in [0.15, 0.2) is 58.8 Å². The lowest BCUT2D eigenvalue weighted by molar-refractivity contribution is 0.415. The minimum absolute atomic E-state index is 0.101. The van der Waals surface area contributed by atoms with Crippen molar-refractivity contribution in [3.05, 3.63) is 69.1 Å². The zero-order chi connectivity index (χ0) is 18.7. The first kappa shape index (κ1) is 19.0. The summed E-state index contributed by atoms with van der Waals surface area (Å²) in [5.74, 6) is 0.633. The molecule has 0 aliphatic rings. The second-order valence-electron chi connectivity index (χ2n) is 5.21. The van der Waals surface area contributed by atoms with Gasteiger partial charge in [-0.15, -0.1) is 11.3 Å². The number of rotatable bonds is 6. The van der Waals surface area contributed by atoms with Crippen molar-refractivity contribution < 1.29 is 13.2 Å². The third-order valence-corrected chi connectivity index (χ3v) is 6.87. The molecule has 1 aromatic carbocycles. The summed E-state index contributed by atoms with van der Waals surface area (Å²) in [5, 5.41) is 1.86. The molecule has 0 unspecified atom stereocenters. The Balaban J connectivity index is 2.08. The van der Waals surface area contributed by atoms with Gasteiger partial charge in [-0.25, -0.2) is 13.4 Å². The van der Waals surface area contributed by atoms with Gasteiger partial charge in [-0.1, -0.05) is 29.3 Å². The van der Waals surface area contributed by atoms with E-state index in [0.717, 1.165) is 4.88 Å². The van der Waals surface area contributed by atoms with Crippen molar-refractivity contribution in [2.24, 2.45) is 0 Å². The fourth-order valence-corrected chi connectivity index (χ4v) is 5.17. The highest BCUT2D eigenvalue weighted by molar-refractivity contribution is 7.93. The summed E-state index contributed by atoms with van der Waals surface area (Å²) in [7, 11) is -2.40. The van der Waals surface area contributed by atoms with Gasteiger partial charge in [-0.2, -0.15) is 0 Å². The number of hydrogen-bond acceptors (Lipinski definition) is 5. The van der Waals surface area contributed by atoms with Crippen LogP contribution in [0.3, 0.4) is 0 Å². The minimum atomic E-state index is -3.95. The molecule has 5 nitrogen and oxygen atoms in total. The molecule has 0 spiro atoms. The molecule has 26 heavy (non-hydrogen) atoms. The third kappa shape index (κ3) is 3.96. The molecule has 3 aromatic rings. The molecule has 0 bridgehead atoms. The predicted octanol–water partition coefficient (Wildman–Crippen LogP) is 4.85. The highest BCUT2D eigenvalue weighted by Gasteiger charge is 2.28. The Kier molecular flexibility index (Phi) is 5.72. The molecular formula is C17H14Cl2N2O3S2. The Bertz CT molecular complexity index is 991. The van der Waals surface area contributed by atoms with Gasteiger partial charge in [0.2, 0.25) is 0 Å². The van der Waals surface area contributed by atoms with E-state index in [2.05, 4.69) is 4.98 Å². The molecule has 2 aromatic heterocycles. The lowest BCUT2D eigenvalue weighted by Gasteiger charge is -2.24. The van der Waals surface area contributed by atoms with Gasteiger partial charge in [0.25, 0.3) is 10.0 Å². The highest BCUT2D eigenvalue weighted by Crippen LogP contribution is 2.31. The molecule has 0 aliphatic heterocycles. The molecule has 0 fully saturated rings. The van der Waals surface area contributed by atoms with Crippen molar-refractivity contribution in [2.45, 2.75) is 11.4 Å². The van der Waals surface area contributed by atoms with Gasteiger partial charge in [0.05, 0.1) is 19.3 Å². The molecule has 136 valence electrons. The van der Waals surface area contributed by atoms with E-state index in [0.29, 0.717) is 11.4 Å². The number of hydrogen-bond donors (Lipinski definition) is 0. The largest absolute Gasteiger partial charge is 0.497 e. The monoisotopic (exact) mass is 428 g/mol. The van der Waals surface area contributed by atoms with Crippen LogP contribution in [0.4, 0.5) is 5.69 Å². The minimum Gasteiger partial charge on any atom is -0.497 e. The molecule has 0 aliphatic carbocycles. The Morgan fingerprint density at radius 3 is 2.42 bits per heavy atom. The Morgan fingerprint density at radius 2 is 1.85 bits per heavy atom. The number of nitrogens with zero attached hydrogens (tertiary/aromatic N) is 2. The average molecular weight is 429 g/mol. The number of methoxy groups -OCH3 is 1. The van der Waals surface area contributed by atoms with E-state index in [-0.39, 0.29) is 21.7 Å². The number of aromatic nitrogens is 1. The summed E-state index contributed by atoms with van der Waals surface area (Å²) < 4.78 is 33.0. The fraction of sp³-hybridized carbons (Fsp3) is 0.118. The van der Waals surface area contributed by atoms with E-state index in [1.165, 1.54) is 27.8 Å². The lowest BCUT2D eigenvalue weighted by atomic mass is 10.3. The maximum Gasteiger partial charge on any atom is 0.267 e. The number of benzene rings is 1. The van der Waals surface area contributed by atoms with Gasteiger partial charge in [0.15, 0.2) is 5.15 Å². The lowest BCUT2D eigenvalue weighted by Crippen LogP contribution is -2.30. The standard InChI is InChI=1S/C17H14Cl2N2O3S2/c1-24-13-6-4-12(5-7-13)21(11-14-3-2-10-25-14)26(22,23)15-8-9-16(18)20-17(15)19/h2-10H,11H2,1H3. The van der Waals surface area contributed by atoms with Crippen molar-refractivity contribution >= 4 is 50.2 Å². The summed E-state index contributed by atoms with van der Waals surface area (Å²) >= 11 is 13.3. The SMILES string of the molecule is COc1ccc(N(Cc2cccs2)S(=O)(=O)c2ccc(Cl)nc2Cl)cc1. The van der Waals surface area contributed by atoms with E-state index >= 15 is 0 Å². The zero-order valence-corrected chi connectivity index (χ0v) is 16.7. The summed E-state index contributed by atoms with van der Waals surface area (Å²) in [6, 6.07) is 13.3. The first-order valence-corrected chi connectivity index (χ1v) is 10.5. The van der Waals surface area contributed by atoms with E-state index in [4.69, 9.17) is 27.9 Å². The first-order valence-electron chi connectivity index (χ1n) is 7.43. The number of ether oxygens (including phenoxy) is 1. The molecule has 3 rings (SSSR count). The van der Waals surface area contributed by atoms with Crippen molar-refractivity contribution in [3.63, 3.8) is 0 Å². The van der Waals surface area contributed by atoms with Crippen LogP contribution >= 0.6 is 34.5 Å². The van der Waals surface area contributed by atoms with E-state index in [9.17, 15) is 8.42 Å². The van der Waals surface area contributed by atoms with Crippen LogP contribution in [0.25, 0.3) is 0 Å². The Labute approximate surface area is 165 Å². The number of halogens is 2. The summed E-state index contributed by atoms with van der Waals surface area (Å²) in [4.78, 5) is 4.64. The van der Waals surface area contributed by atoms with Crippen LogP contribution in [0, 0.1) is 0 Å². The topological polar surface area (TPSA) is 59.5 Å². The second-order valence-corrected chi connectivity index (χ2v) is 8.82. The maximum absolute atomic E-state index is 13.3. The van der Waals surface area contributed by atoms with Gasteiger partial charge in [0.1, 0.15) is 15.8 Å². The van der Waals surface area contributed by atoms with Gasteiger partial charge in [-0.3, -0.25) is 4.31 Å². The molecule has 0 saturated heterocycles. The number of sulfonamides is 1. The number of anilines is 1. The number of thiophene rings is 1. The molecule has 0 radical (unpaired) electrons. The predicted molar refractivity (Wildman–Crippen MR) is 105 cm³/mol. The van der Waals surface area contributed by atoms with Crippen LogP contribution in [0.5, 0.6) is 5.75 Å². The number of pyridine rings is 1. The quantitative estimate of drug-likeness (QED) is 0.526. The van der Waals surface area contributed by atoms with E-state index in [1.807, 2.05) is 17.5 Å². The van der Waals surface area contributed by atoms with E-state index in [1.54, 1.807) is 31.4 Å². The molecule has 9 heteroatoms. The van der Waals surface area contributed by atoms with Crippen LogP contribution in [-0.2, 0) is 16.6 Å². The van der Waals surface area contributed by atoms with Crippen LogP contribution in [-0.4, -0.2) is 20.5 Å². The van der Waals surface area contributed by atoms with Crippen molar-refractivity contribution in [3.8, 4) is 5.75 Å². The summed E-state index contributed by atoms with van der Waals surface area (Å²) in [5.41, 5.74) is 0.491. The maximum atomic E-state index is 13.3. The third-order valence-electron chi connectivity index (χ3n) is 3.59. The molecule has 0 amide bonds. The summed E-state index contributed by atoms with van der Waals surface area (Å²) in [6.45, 7) is 0.172. The van der Waals surface area contributed by atoms with Crippen LogP contribution in [0.1, 0.15) is 4.88 Å². The van der Waals surface area contributed by atoms with Crippen molar-refractivity contribution in [1.29, 1.82) is 0 Å². The molecule has 0 atom stereocenters. The second kappa shape index (κ2) is 7.84. The smallest absolute Gasteiger partial charge is 0.267 e. The molecule has 2 heterocycles. The van der Waals surface area contributed by atoms with Gasteiger partial charge >= 0.3 is 0 Å². The molecular weight excluding hydrogens is 415 g/mol. The van der Waals surface area contributed by atoms with Gasteiger partial charge < -0.3 is 4.74 Å². The average Bonchev–Trinajstić information content (AvgIpc) is 3.12. The Hall–Kier alpha value is -1.80. The first-order chi connectivity index (χ1) is 12.4. The van der Waals surface area contributed by atoms with Crippen LogP contribution in [0.2, 0.25) is 10.3 Å². The normalized spacial score (nSPS) is 11.3. The van der Waals surface area contributed by atoms with Crippen molar-refractivity contribution in [1.82, 2.24) is 4.98 Å².